The van der Waals surface area contributed by atoms with E-state index in [2.05, 4.69) is 10.2 Å². The number of ether oxygens (including phenoxy) is 1. The Morgan fingerprint density at radius 2 is 2.05 bits per heavy atom. The van der Waals surface area contributed by atoms with E-state index in [4.69, 9.17) is 4.74 Å². The van der Waals surface area contributed by atoms with Crippen LogP contribution in [0.25, 0.3) is 0 Å². The second-order valence-electron chi connectivity index (χ2n) is 4.01. The summed E-state index contributed by atoms with van der Waals surface area (Å²) < 4.78 is 42.9. The summed E-state index contributed by atoms with van der Waals surface area (Å²) in [5.41, 5.74) is -0.273. The first-order valence-electron chi connectivity index (χ1n) is 5.49. The Kier molecular flexibility index (Phi) is 3.46. The number of alkyl halides is 3. The van der Waals surface area contributed by atoms with Crippen molar-refractivity contribution in [2.45, 2.75) is 6.18 Å². The van der Waals surface area contributed by atoms with Crippen molar-refractivity contribution in [3.63, 3.8) is 0 Å². The van der Waals surface area contributed by atoms with Gasteiger partial charge in [-0.3, -0.25) is 0 Å². The van der Waals surface area contributed by atoms with Crippen LogP contribution in [0.1, 0.15) is 11.1 Å². The Hall–Kier alpha value is -2.05. The molecule has 4 nitrogen and oxygen atoms in total. The molecule has 1 aromatic rings. The summed E-state index contributed by atoms with van der Waals surface area (Å²) in [5.74, 6) is 0.602. The van der Waals surface area contributed by atoms with Gasteiger partial charge in [-0.1, -0.05) is 0 Å². The fourth-order valence-corrected chi connectivity index (χ4v) is 1.73. The normalized spacial score (nSPS) is 15.4. The smallest absolute Gasteiger partial charge is 0.416 e. The summed E-state index contributed by atoms with van der Waals surface area (Å²) in [7, 11) is 3.10. The van der Waals surface area contributed by atoms with E-state index in [1.165, 1.54) is 13.2 Å². The van der Waals surface area contributed by atoms with Crippen LogP contribution in [0.15, 0.2) is 28.4 Å². The molecule has 2 rings (SSSR count). The molecule has 0 amide bonds. The lowest BCUT2D eigenvalue weighted by Crippen LogP contribution is -2.31. The van der Waals surface area contributed by atoms with Gasteiger partial charge in [-0.05, 0) is 18.2 Å². The van der Waals surface area contributed by atoms with Gasteiger partial charge in [-0.2, -0.15) is 18.3 Å². The highest BCUT2D eigenvalue weighted by molar-refractivity contribution is 6.02. The lowest BCUT2D eigenvalue weighted by atomic mass is 10.1. The van der Waals surface area contributed by atoms with Gasteiger partial charge in [0.25, 0.3) is 0 Å². The first-order chi connectivity index (χ1) is 8.93. The standard InChI is InChI=1S/C12H12F3N3O/c1-18-6-5-16-17-11(18)9-4-3-8(12(13,14)15)7-10(9)19-2/h3-5,7H,6H2,1-2H3. The van der Waals surface area contributed by atoms with Crippen LogP contribution >= 0.6 is 0 Å². The highest BCUT2D eigenvalue weighted by atomic mass is 19.4. The molecule has 0 saturated carbocycles. The molecule has 1 aliphatic rings. The molecule has 0 bridgehead atoms. The predicted octanol–water partition coefficient (Wildman–Crippen LogP) is 2.39. The number of amidine groups is 1. The van der Waals surface area contributed by atoms with Crippen LogP contribution in [-0.2, 0) is 6.18 Å². The topological polar surface area (TPSA) is 37.2 Å². The molecule has 0 aromatic heterocycles. The Bertz CT molecular complexity index is 538. The third-order valence-electron chi connectivity index (χ3n) is 2.72. The van der Waals surface area contributed by atoms with Crippen molar-refractivity contribution < 1.29 is 17.9 Å². The van der Waals surface area contributed by atoms with Crippen molar-refractivity contribution in [1.82, 2.24) is 4.90 Å². The molecule has 0 N–H and O–H groups in total. The maximum atomic E-state index is 12.6. The maximum absolute atomic E-state index is 12.6. The van der Waals surface area contributed by atoms with E-state index in [0.717, 1.165) is 12.1 Å². The molecule has 1 aromatic carbocycles. The van der Waals surface area contributed by atoms with Gasteiger partial charge in [0.2, 0.25) is 0 Å². The quantitative estimate of drug-likeness (QED) is 0.828. The minimum atomic E-state index is -4.40. The van der Waals surface area contributed by atoms with Crippen LogP contribution in [0.2, 0.25) is 0 Å². The molecule has 0 atom stereocenters. The van der Waals surface area contributed by atoms with Gasteiger partial charge in [0.1, 0.15) is 5.75 Å². The van der Waals surface area contributed by atoms with E-state index in [-0.39, 0.29) is 5.75 Å². The first-order valence-corrected chi connectivity index (χ1v) is 5.49. The van der Waals surface area contributed by atoms with Crippen LogP contribution in [0, 0.1) is 0 Å². The third-order valence-corrected chi connectivity index (χ3v) is 2.72. The zero-order valence-electron chi connectivity index (χ0n) is 10.4. The summed E-state index contributed by atoms with van der Waals surface area (Å²) >= 11 is 0. The number of nitrogens with zero attached hydrogens (tertiary/aromatic N) is 3. The molecule has 0 radical (unpaired) electrons. The summed E-state index contributed by atoms with van der Waals surface area (Å²) in [6.07, 6.45) is -2.79. The molecule has 102 valence electrons. The van der Waals surface area contributed by atoms with Crippen molar-refractivity contribution in [3.8, 4) is 5.75 Å². The monoisotopic (exact) mass is 271 g/mol. The summed E-state index contributed by atoms with van der Waals surface area (Å²) in [6.45, 7) is 0.545. The van der Waals surface area contributed by atoms with Crippen molar-refractivity contribution in [2.24, 2.45) is 10.2 Å². The fourth-order valence-electron chi connectivity index (χ4n) is 1.73. The Morgan fingerprint density at radius 3 is 2.63 bits per heavy atom. The molecular weight excluding hydrogens is 259 g/mol. The van der Waals surface area contributed by atoms with Crippen LogP contribution < -0.4 is 4.74 Å². The van der Waals surface area contributed by atoms with Crippen LogP contribution in [0.5, 0.6) is 5.75 Å². The average molecular weight is 271 g/mol. The van der Waals surface area contributed by atoms with Crippen LogP contribution in [0.4, 0.5) is 13.2 Å². The van der Waals surface area contributed by atoms with Crippen molar-refractivity contribution >= 4 is 12.1 Å². The number of rotatable bonds is 2. The van der Waals surface area contributed by atoms with E-state index in [0.29, 0.717) is 17.9 Å². The predicted molar refractivity (Wildman–Crippen MR) is 65.7 cm³/mol. The van der Waals surface area contributed by atoms with Crippen molar-refractivity contribution in [1.29, 1.82) is 0 Å². The summed E-state index contributed by atoms with van der Waals surface area (Å²) in [5, 5.41) is 7.71. The van der Waals surface area contributed by atoms with Gasteiger partial charge >= 0.3 is 6.18 Å². The Labute approximate surface area is 108 Å². The molecule has 0 unspecified atom stereocenters. The molecule has 19 heavy (non-hydrogen) atoms. The summed E-state index contributed by atoms with van der Waals surface area (Å²) in [4.78, 5) is 1.78. The second-order valence-corrected chi connectivity index (χ2v) is 4.01. The largest absolute Gasteiger partial charge is 0.496 e. The van der Waals surface area contributed by atoms with Gasteiger partial charge in [0.05, 0.1) is 24.8 Å². The number of methoxy groups -OCH3 is 1. The zero-order valence-corrected chi connectivity index (χ0v) is 10.4. The average Bonchev–Trinajstić information content (AvgIpc) is 2.37. The molecule has 1 aliphatic heterocycles. The first kappa shape index (κ1) is 13.4. The van der Waals surface area contributed by atoms with Crippen molar-refractivity contribution in [2.75, 3.05) is 20.7 Å². The SMILES string of the molecule is COc1cc(C(F)(F)F)ccc1C1=NN=CCN1C. The van der Waals surface area contributed by atoms with E-state index in [9.17, 15) is 13.2 Å². The molecule has 1 heterocycles. The maximum Gasteiger partial charge on any atom is 0.416 e. The molecule has 0 spiro atoms. The highest BCUT2D eigenvalue weighted by Gasteiger charge is 2.32. The van der Waals surface area contributed by atoms with Crippen LogP contribution in [-0.4, -0.2) is 37.7 Å². The second kappa shape index (κ2) is 4.91. The van der Waals surface area contributed by atoms with E-state index < -0.39 is 11.7 Å². The molecule has 0 fully saturated rings. The molecule has 0 saturated heterocycles. The molecular formula is C12H12F3N3O. The van der Waals surface area contributed by atoms with E-state index in [1.54, 1.807) is 18.2 Å². The minimum Gasteiger partial charge on any atom is -0.496 e. The number of halogens is 3. The number of benzene rings is 1. The van der Waals surface area contributed by atoms with E-state index >= 15 is 0 Å². The third kappa shape index (κ3) is 2.69. The van der Waals surface area contributed by atoms with Gasteiger partial charge in [-0.15, -0.1) is 5.10 Å². The van der Waals surface area contributed by atoms with Gasteiger partial charge < -0.3 is 9.64 Å². The Morgan fingerprint density at radius 1 is 1.32 bits per heavy atom. The van der Waals surface area contributed by atoms with Gasteiger partial charge in [-0.25, -0.2) is 0 Å². The van der Waals surface area contributed by atoms with Gasteiger partial charge in [0, 0.05) is 13.3 Å². The van der Waals surface area contributed by atoms with Crippen LogP contribution in [0.3, 0.4) is 0 Å². The number of hydrogen-bond acceptors (Lipinski definition) is 4. The van der Waals surface area contributed by atoms with E-state index in [1.807, 2.05) is 0 Å². The van der Waals surface area contributed by atoms with Crippen molar-refractivity contribution in [3.05, 3.63) is 29.3 Å². The highest BCUT2D eigenvalue weighted by Crippen LogP contribution is 2.33. The number of hydrogen-bond donors (Lipinski definition) is 0. The fraction of sp³-hybridized carbons (Fsp3) is 0.333. The summed E-state index contributed by atoms with van der Waals surface area (Å²) in [6, 6.07) is 3.31. The molecule has 7 heteroatoms. The minimum absolute atomic E-state index is 0.123. The lowest BCUT2D eigenvalue weighted by Gasteiger charge is -2.22. The van der Waals surface area contributed by atoms with Gasteiger partial charge in [0.15, 0.2) is 5.84 Å². The zero-order chi connectivity index (χ0) is 14.0. The Balaban J connectivity index is 2.47. The lowest BCUT2D eigenvalue weighted by molar-refractivity contribution is -0.137. The molecule has 0 aliphatic carbocycles.